The molecule has 1 N–H and O–H groups in total. The van der Waals surface area contributed by atoms with Gasteiger partial charge in [0.15, 0.2) is 5.78 Å². The van der Waals surface area contributed by atoms with E-state index in [-0.39, 0.29) is 30.5 Å². The van der Waals surface area contributed by atoms with Crippen LogP contribution >= 0.6 is 45.9 Å². The summed E-state index contributed by atoms with van der Waals surface area (Å²) in [6, 6.07) is 8.77. The normalized spacial score (nSPS) is 11.1. The average molecular weight is 451 g/mol. The lowest BCUT2D eigenvalue weighted by atomic mass is 10.2. The minimum Gasteiger partial charge on any atom is -0.293 e. The molecule has 0 atom stereocenters. The molecule has 0 fully saturated rings. The molecule has 0 saturated heterocycles. The molecule has 3 aromatic heterocycles. The van der Waals surface area contributed by atoms with Crippen molar-refractivity contribution >= 4 is 68.5 Å². The van der Waals surface area contributed by atoms with Crippen molar-refractivity contribution in [1.29, 1.82) is 0 Å². The third-order valence-electron chi connectivity index (χ3n) is 3.92. The van der Waals surface area contributed by atoms with Crippen LogP contribution in [0.2, 0.25) is 10.0 Å². The fraction of sp³-hybridized carbons (Fsp3) is 0.111. The van der Waals surface area contributed by atoms with Crippen LogP contribution in [0, 0.1) is 0 Å². The Balaban J connectivity index is 1.47. The second kappa shape index (κ2) is 8.00. The molecule has 0 radical (unpaired) electrons. The number of amides is 1. The number of benzene rings is 1. The zero-order valence-electron chi connectivity index (χ0n) is 14.2. The maximum Gasteiger partial charge on any atom is 0.250 e. The summed E-state index contributed by atoms with van der Waals surface area (Å²) >= 11 is 15.0. The highest BCUT2D eigenvalue weighted by molar-refractivity contribution is 7.15. The van der Waals surface area contributed by atoms with Gasteiger partial charge in [-0.05, 0) is 29.6 Å². The number of halogens is 2. The van der Waals surface area contributed by atoms with Crippen molar-refractivity contribution in [2.24, 2.45) is 0 Å². The van der Waals surface area contributed by atoms with Crippen LogP contribution in [0.4, 0.5) is 5.95 Å². The van der Waals surface area contributed by atoms with Gasteiger partial charge in [0, 0.05) is 28.8 Å². The van der Waals surface area contributed by atoms with Crippen molar-refractivity contribution in [3.05, 3.63) is 56.0 Å². The quantitative estimate of drug-likeness (QED) is 0.397. The number of carbonyl (C=O) groups excluding carboxylic acids is 2. The monoisotopic (exact) mass is 450 g/mol. The SMILES string of the molecule is O=C(CCC(=O)c1cccs1)Nc1nc2scc(-c3ccc(Cl)cc3Cl)n2n1. The van der Waals surface area contributed by atoms with Gasteiger partial charge in [0.05, 0.1) is 15.6 Å². The Bertz CT molecular complexity index is 1170. The minimum absolute atomic E-state index is 0.0522. The summed E-state index contributed by atoms with van der Waals surface area (Å²) in [4.78, 5) is 29.7. The van der Waals surface area contributed by atoms with E-state index >= 15 is 0 Å². The topological polar surface area (TPSA) is 76.4 Å². The summed E-state index contributed by atoms with van der Waals surface area (Å²) in [7, 11) is 0. The maximum atomic E-state index is 12.2. The summed E-state index contributed by atoms with van der Waals surface area (Å²) in [6.07, 6.45) is 0.208. The molecule has 4 rings (SSSR count). The third-order valence-corrected chi connectivity index (χ3v) is 6.19. The first-order valence-corrected chi connectivity index (χ1v) is 10.7. The van der Waals surface area contributed by atoms with Crippen LogP contribution in [0.3, 0.4) is 0 Å². The van der Waals surface area contributed by atoms with Crippen LogP contribution in [0.15, 0.2) is 41.1 Å². The zero-order chi connectivity index (χ0) is 19.7. The summed E-state index contributed by atoms with van der Waals surface area (Å²) < 4.78 is 1.62. The fourth-order valence-electron chi connectivity index (χ4n) is 2.59. The molecule has 4 aromatic rings. The number of hydrogen-bond donors (Lipinski definition) is 1. The molecule has 6 nitrogen and oxygen atoms in total. The largest absolute Gasteiger partial charge is 0.293 e. The number of aromatic nitrogens is 3. The molecule has 10 heteroatoms. The standard InChI is InChI=1S/C18H12Cl2N4O2S2/c19-10-3-4-11(12(20)8-10)13-9-28-18-22-17(23-24(13)18)21-16(26)6-5-14(25)15-2-1-7-27-15/h1-4,7-9H,5-6H2,(H,21,23,26). The molecule has 0 bridgehead atoms. The first kappa shape index (κ1) is 19.1. The van der Waals surface area contributed by atoms with Crippen molar-refractivity contribution in [2.75, 3.05) is 5.32 Å². The number of anilines is 1. The molecular weight excluding hydrogens is 439 g/mol. The number of nitrogens with zero attached hydrogens (tertiary/aromatic N) is 3. The number of ketones is 1. The van der Waals surface area contributed by atoms with Gasteiger partial charge in [-0.1, -0.05) is 29.3 Å². The van der Waals surface area contributed by atoms with Gasteiger partial charge in [-0.15, -0.1) is 27.8 Å². The van der Waals surface area contributed by atoms with E-state index in [1.165, 1.54) is 22.7 Å². The van der Waals surface area contributed by atoms with E-state index in [0.717, 1.165) is 11.3 Å². The summed E-state index contributed by atoms with van der Waals surface area (Å²) in [5, 5.41) is 11.7. The van der Waals surface area contributed by atoms with E-state index in [0.29, 0.717) is 19.9 Å². The number of thiophene rings is 1. The van der Waals surface area contributed by atoms with Gasteiger partial charge in [0.1, 0.15) is 0 Å². The lowest BCUT2D eigenvalue weighted by Gasteiger charge is -2.03. The number of Topliss-reactive ketones (excluding diaryl/α,β-unsaturated/α-hetero) is 1. The molecule has 0 aliphatic heterocycles. The second-order valence-electron chi connectivity index (χ2n) is 5.82. The van der Waals surface area contributed by atoms with Crippen LogP contribution in [0.25, 0.3) is 16.2 Å². The highest BCUT2D eigenvalue weighted by Crippen LogP contribution is 2.33. The van der Waals surface area contributed by atoms with Crippen molar-refractivity contribution in [3.8, 4) is 11.3 Å². The fourth-order valence-corrected chi connectivity index (χ4v) is 4.61. The average Bonchev–Trinajstić information content (AvgIpc) is 3.37. The van der Waals surface area contributed by atoms with E-state index in [4.69, 9.17) is 23.2 Å². The van der Waals surface area contributed by atoms with E-state index in [1.54, 1.807) is 22.7 Å². The Hall–Kier alpha value is -2.26. The van der Waals surface area contributed by atoms with Crippen molar-refractivity contribution in [2.45, 2.75) is 12.8 Å². The van der Waals surface area contributed by atoms with E-state index < -0.39 is 0 Å². The first-order chi connectivity index (χ1) is 13.5. The Labute approximate surface area is 177 Å². The first-order valence-electron chi connectivity index (χ1n) is 8.17. The second-order valence-corrected chi connectivity index (χ2v) is 8.45. The van der Waals surface area contributed by atoms with Crippen LogP contribution in [0.1, 0.15) is 22.5 Å². The summed E-state index contributed by atoms with van der Waals surface area (Å²) in [6.45, 7) is 0. The van der Waals surface area contributed by atoms with Crippen LogP contribution < -0.4 is 5.32 Å². The number of hydrogen-bond acceptors (Lipinski definition) is 6. The zero-order valence-corrected chi connectivity index (χ0v) is 17.3. The number of nitrogens with one attached hydrogen (secondary N) is 1. The predicted octanol–water partition coefficient (Wildman–Crippen LogP) is 5.43. The Morgan fingerprint density at radius 1 is 1.14 bits per heavy atom. The van der Waals surface area contributed by atoms with Crippen LogP contribution in [-0.2, 0) is 4.79 Å². The lowest BCUT2D eigenvalue weighted by molar-refractivity contribution is -0.116. The number of carbonyl (C=O) groups is 2. The van der Waals surface area contributed by atoms with Gasteiger partial charge in [-0.2, -0.15) is 4.98 Å². The van der Waals surface area contributed by atoms with Gasteiger partial charge >= 0.3 is 0 Å². The Kier molecular flexibility index (Phi) is 5.45. The van der Waals surface area contributed by atoms with Gasteiger partial charge in [0.2, 0.25) is 16.8 Å². The van der Waals surface area contributed by atoms with Gasteiger partial charge in [-0.25, -0.2) is 4.52 Å². The Morgan fingerprint density at radius 2 is 2.00 bits per heavy atom. The Morgan fingerprint density at radius 3 is 2.75 bits per heavy atom. The molecule has 3 heterocycles. The van der Waals surface area contributed by atoms with Crippen molar-refractivity contribution in [1.82, 2.24) is 14.6 Å². The minimum atomic E-state index is -0.311. The van der Waals surface area contributed by atoms with E-state index in [1.807, 2.05) is 22.9 Å². The highest BCUT2D eigenvalue weighted by atomic mass is 35.5. The molecule has 0 aliphatic carbocycles. The van der Waals surface area contributed by atoms with Crippen LogP contribution in [-0.4, -0.2) is 26.3 Å². The highest BCUT2D eigenvalue weighted by Gasteiger charge is 2.16. The molecule has 28 heavy (non-hydrogen) atoms. The van der Waals surface area contributed by atoms with E-state index in [9.17, 15) is 9.59 Å². The van der Waals surface area contributed by atoms with Gasteiger partial charge in [0.25, 0.3) is 0 Å². The van der Waals surface area contributed by atoms with Crippen molar-refractivity contribution < 1.29 is 9.59 Å². The maximum absolute atomic E-state index is 12.2. The predicted molar refractivity (Wildman–Crippen MR) is 113 cm³/mol. The van der Waals surface area contributed by atoms with Crippen LogP contribution in [0.5, 0.6) is 0 Å². The molecule has 1 amide bonds. The number of fused-ring (bicyclic) bond motifs is 1. The van der Waals surface area contributed by atoms with Crippen molar-refractivity contribution in [3.63, 3.8) is 0 Å². The molecule has 0 saturated carbocycles. The molecule has 142 valence electrons. The van der Waals surface area contributed by atoms with Gasteiger partial charge < -0.3 is 0 Å². The molecule has 1 aromatic carbocycles. The molecule has 0 aliphatic rings. The number of thiazole rings is 1. The molecular formula is C18H12Cl2N4O2S2. The smallest absolute Gasteiger partial charge is 0.250 e. The summed E-state index contributed by atoms with van der Waals surface area (Å²) in [5.74, 6) is -0.176. The van der Waals surface area contributed by atoms with E-state index in [2.05, 4.69) is 15.4 Å². The summed E-state index contributed by atoms with van der Waals surface area (Å²) in [5.41, 5.74) is 1.52. The third kappa shape index (κ3) is 3.95. The molecule has 0 unspecified atom stereocenters. The molecule has 0 spiro atoms. The lowest BCUT2D eigenvalue weighted by Crippen LogP contribution is -2.14. The van der Waals surface area contributed by atoms with Gasteiger partial charge in [-0.3, -0.25) is 14.9 Å². The number of rotatable bonds is 6.